The first-order valence-corrected chi connectivity index (χ1v) is 12.7. The van der Waals surface area contributed by atoms with E-state index in [2.05, 4.69) is 34.7 Å². The lowest BCUT2D eigenvalue weighted by atomic mass is 9.90. The average Bonchev–Trinajstić information content (AvgIpc) is 2.94. The maximum absolute atomic E-state index is 10.1. The monoisotopic (exact) mass is 526 g/mol. The Hall–Kier alpha value is -4.25. The number of pyridine rings is 1. The van der Waals surface area contributed by atoms with Gasteiger partial charge in [0, 0.05) is 37.0 Å². The Kier molecular flexibility index (Phi) is 13.2. The number of rotatable bonds is 15. The largest absolute Gasteiger partial charge is 0.473 e. The summed E-state index contributed by atoms with van der Waals surface area (Å²) in [5.41, 5.74) is 6.94. The minimum Gasteiger partial charge on any atom is -0.473 e. The third kappa shape index (κ3) is 9.53. The molecule has 7 nitrogen and oxygen atoms in total. The van der Waals surface area contributed by atoms with Crippen molar-refractivity contribution in [1.82, 2.24) is 10.3 Å². The lowest BCUT2D eigenvalue weighted by Gasteiger charge is -2.16. The second-order valence-electron chi connectivity index (χ2n) is 8.90. The molecule has 1 aromatic carbocycles. The van der Waals surface area contributed by atoms with Gasteiger partial charge in [0.2, 0.25) is 11.8 Å². The van der Waals surface area contributed by atoms with Crippen LogP contribution in [0.1, 0.15) is 43.0 Å². The molecule has 7 heteroatoms. The number of aliphatic hydroxyl groups is 1. The van der Waals surface area contributed by atoms with Crippen LogP contribution in [0.3, 0.4) is 0 Å². The molecule has 39 heavy (non-hydrogen) atoms. The number of nitrogens with one attached hydrogen (secondary N) is 1. The Morgan fingerprint density at radius 1 is 1.23 bits per heavy atom. The molecule has 0 saturated heterocycles. The maximum Gasteiger partial charge on any atom is 0.213 e. The zero-order valence-corrected chi connectivity index (χ0v) is 23.3. The molecule has 0 aliphatic rings. The molecule has 0 radical (unpaired) electrons. The van der Waals surface area contributed by atoms with Crippen LogP contribution in [0.4, 0.5) is 0 Å². The van der Waals surface area contributed by atoms with Crippen LogP contribution in [-0.4, -0.2) is 36.6 Å². The van der Waals surface area contributed by atoms with E-state index in [-0.39, 0.29) is 13.2 Å². The predicted molar refractivity (Wildman–Crippen MR) is 158 cm³/mol. The van der Waals surface area contributed by atoms with E-state index in [0.29, 0.717) is 42.6 Å². The fourth-order valence-corrected chi connectivity index (χ4v) is 3.70. The molecule has 1 aromatic heterocycles. The molecular formula is C32H38N4O3. The number of hydrogen-bond acceptors (Lipinski definition) is 7. The summed E-state index contributed by atoms with van der Waals surface area (Å²) in [6, 6.07) is 12.0. The van der Waals surface area contributed by atoms with Gasteiger partial charge in [0.15, 0.2) is 0 Å². The summed E-state index contributed by atoms with van der Waals surface area (Å²) < 4.78 is 11.8. The Morgan fingerprint density at radius 3 is 2.62 bits per heavy atom. The van der Waals surface area contributed by atoms with Gasteiger partial charge in [-0.05, 0) is 62.2 Å². The topological polar surface area (TPSA) is 99.8 Å². The highest BCUT2D eigenvalue weighted by Gasteiger charge is 2.16. The zero-order chi connectivity index (χ0) is 28.6. The van der Waals surface area contributed by atoms with Crippen molar-refractivity contribution in [3.05, 3.63) is 112 Å². The molecule has 1 heterocycles. The van der Waals surface area contributed by atoms with E-state index in [0.717, 1.165) is 33.4 Å². The Balaban J connectivity index is 2.26. The van der Waals surface area contributed by atoms with Crippen LogP contribution < -0.4 is 10.1 Å². The van der Waals surface area contributed by atoms with E-state index >= 15 is 0 Å². The fourth-order valence-electron chi connectivity index (χ4n) is 3.70. The maximum atomic E-state index is 10.1. The van der Waals surface area contributed by atoms with Gasteiger partial charge in [-0.1, -0.05) is 54.6 Å². The molecule has 204 valence electrons. The summed E-state index contributed by atoms with van der Waals surface area (Å²) in [4.78, 5) is 8.31. The lowest BCUT2D eigenvalue weighted by Crippen LogP contribution is -2.17. The van der Waals surface area contributed by atoms with Crippen LogP contribution in [0.2, 0.25) is 0 Å². The normalized spacial score (nSPS) is 12.2. The molecule has 2 aromatic rings. The van der Waals surface area contributed by atoms with E-state index in [1.54, 1.807) is 24.4 Å². The van der Waals surface area contributed by atoms with Crippen molar-refractivity contribution in [3.63, 3.8) is 0 Å². The predicted octanol–water partition coefficient (Wildman–Crippen LogP) is 5.99. The van der Waals surface area contributed by atoms with Gasteiger partial charge in [0.05, 0.1) is 12.2 Å². The zero-order valence-electron chi connectivity index (χ0n) is 23.3. The van der Waals surface area contributed by atoms with Gasteiger partial charge in [0.25, 0.3) is 0 Å². The summed E-state index contributed by atoms with van der Waals surface area (Å²) >= 11 is 0. The highest BCUT2D eigenvalue weighted by Crippen LogP contribution is 2.30. The number of nitriles is 1. The van der Waals surface area contributed by atoms with Crippen LogP contribution >= 0.6 is 0 Å². The van der Waals surface area contributed by atoms with E-state index in [4.69, 9.17) is 14.6 Å². The van der Waals surface area contributed by atoms with E-state index in [9.17, 15) is 5.26 Å². The fraction of sp³-hybridized carbons (Fsp3) is 0.281. The minimum absolute atomic E-state index is 0.0833. The smallest absolute Gasteiger partial charge is 0.213 e. The molecule has 0 amide bonds. The average molecular weight is 527 g/mol. The van der Waals surface area contributed by atoms with Gasteiger partial charge in [-0.15, -0.1) is 0 Å². The first kappa shape index (κ1) is 31.0. The standard InChI is InChI=1S/C32H38N4O3/c1-7-26(21-39-32-15-13-25(20-36-32)19-35-16-17-37)30(18-33)28(8-2)29-11-9-10-27(24(29)5)22-38-31(34-6)14-12-23(3)4/h7-15,20,35,37H,1,6,16-17,19,21-22H2,2-5H3/b28-8-,30-26+,31-14+. The molecule has 2 N–H and O–H groups in total. The van der Waals surface area contributed by atoms with Crippen molar-refractivity contribution in [2.75, 3.05) is 19.8 Å². The molecule has 2 rings (SSSR count). The number of allylic oxidation sites excluding steroid dienone is 6. The highest BCUT2D eigenvalue weighted by molar-refractivity contribution is 5.86. The number of aliphatic imine (C=N–C) groups is 1. The molecule has 0 atom stereocenters. The number of hydrogen-bond donors (Lipinski definition) is 2. The van der Waals surface area contributed by atoms with Crippen molar-refractivity contribution in [3.8, 4) is 11.9 Å². The summed E-state index contributed by atoms with van der Waals surface area (Å²) in [5, 5.41) is 22.1. The molecule has 0 bridgehead atoms. The molecule has 0 aliphatic heterocycles. The molecule has 0 spiro atoms. The van der Waals surface area contributed by atoms with Crippen molar-refractivity contribution < 1.29 is 14.6 Å². The summed E-state index contributed by atoms with van der Waals surface area (Å²) in [7, 11) is 0. The van der Waals surface area contributed by atoms with E-state index in [1.165, 1.54) is 0 Å². The van der Waals surface area contributed by atoms with Crippen LogP contribution in [-0.2, 0) is 17.9 Å². The van der Waals surface area contributed by atoms with Gasteiger partial charge in [-0.3, -0.25) is 0 Å². The summed E-state index contributed by atoms with van der Waals surface area (Å²) in [5.74, 6) is 0.890. The van der Waals surface area contributed by atoms with Gasteiger partial charge < -0.3 is 19.9 Å². The van der Waals surface area contributed by atoms with Crippen LogP contribution in [0.5, 0.6) is 5.88 Å². The Morgan fingerprint density at radius 2 is 2.03 bits per heavy atom. The van der Waals surface area contributed by atoms with E-state index in [1.807, 2.05) is 64.1 Å². The van der Waals surface area contributed by atoms with Crippen molar-refractivity contribution >= 4 is 12.3 Å². The third-order valence-electron chi connectivity index (χ3n) is 5.85. The third-order valence-corrected chi connectivity index (χ3v) is 5.85. The Labute approximate surface area is 232 Å². The number of nitrogens with zero attached hydrogens (tertiary/aromatic N) is 3. The Bertz CT molecular complexity index is 1290. The quantitative estimate of drug-likeness (QED) is 0.0973. The number of aromatic nitrogens is 1. The minimum atomic E-state index is 0.0833. The number of aliphatic hydroxyl groups excluding tert-OH is 1. The lowest BCUT2D eigenvalue weighted by molar-refractivity contribution is 0.197. The second kappa shape index (κ2) is 16.6. The van der Waals surface area contributed by atoms with Crippen LogP contribution in [0.15, 0.2) is 95.0 Å². The van der Waals surface area contributed by atoms with Crippen molar-refractivity contribution in [2.45, 2.75) is 40.8 Å². The van der Waals surface area contributed by atoms with E-state index < -0.39 is 0 Å². The number of benzene rings is 1. The van der Waals surface area contributed by atoms with Crippen molar-refractivity contribution in [1.29, 1.82) is 5.26 Å². The van der Waals surface area contributed by atoms with Crippen LogP contribution in [0, 0.1) is 18.3 Å². The first-order valence-electron chi connectivity index (χ1n) is 12.7. The van der Waals surface area contributed by atoms with Crippen molar-refractivity contribution in [2.24, 2.45) is 4.99 Å². The molecular weight excluding hydrogens is 488 g/mol. The van der Waals surface area contributed by atoms with Crippen LogP contribution in [0.25, 0.3) is 5.57 Å². The van der Waals surface area contributed by atoms with Gasteiger partial charge in [-0.25, -0.2) is 9.98 Å². The summed E-state index contributed by atoms with van der Waals surface area (Å²) in [6.45, 7) is 17.1. The first-order chi connectivity index (χ1) is 18.9. The molecule has 0 fully saturated rings. The van der Waals surface area contributed by atoms with Gasteiger partial charge >= 0.3 is 0 Å². The second-order valence-corrected chi connectivity index (χ2v) is 8.90. The SMILES string of the molecule is C=C/C(COc1ccc(CNCCO)cn1)=C(C#N)\C(=C/C)c1cccc(CO/C(=C/C=C(C)C)N=C)c1C. The highest BCUT2D eigenvalue weighted by atomic mass is 16.5. The number of ether oxygens (including phenoxy) is 2. The molecule has 0 saturated carbocycles. The van der Waals surface area contributed by atoms with Gasteiger partial charge in [0.1, 0.15) is 19.3 Å². The molecule has 0 aliphatic carbocycles. The van der Waals surface area contributed by atoms with Gasteiger partial charge in [-0.2, -0.15) is 5.26 Å². The summed E-state index contributed by atoms with van der Waals surface area (Å²) in [6.07, 6.45) is 9.01. The molecule has 0 unspecified atom stereocenters.